The van der Waals surface area contributed by atoms with Crippen LogP contribution in [0.25, 0.3) is 0 Å². The van der Waals surface area contributed by atoms with Gasteiger partial charge in [-0.05, 0) is 32.4 Å². The van der Waals surface area contributed by atoms with Crippen LogP contribution in [0, 0.1) is 17.6 Å². The van der Waals surface area contributed by atoms with Crippen LogP contribution in [0.1, 0.15) is 25.3 Å². The molecule has 2 atom stereocenters. The average molecular weight is 268 g/mol. The van der Waals surface area contributed by atoms with Crippen LogP contribution in [0.4, 0.5) is 8.78 Å². The molecule has 0 aliphatic carbocycles. The van der Waals surface area contributed by atoms with E-state index in [0.29, 0.717) is 11.6 Å². The van der Waals surface area contributed by atoms with Crippen molar-refractivity contribution in [2.45, 2.75) is 32.4 Å². The first kappa shape index (κ1) is 13.9. The Bertz CT molecular complexity index is 465. The van der Waals surface area contributed by atoms with Gasteiger partial charge in [-0.3, -0.25) is 4.79 Å². The molecular formula is C14H18F2N2O. The summed E-state index contributed by atoms with van der Waals surface area (Å²) in [7, 11) is 0. The zero-order chi connectivity index (χ0) is 13.8. The second-order valence-corrected chi connectivity index (χ2v) is 5.03. The summed E-state index contributed by atoms with van der Waals surface area (Å²) in [4.78, 5) is 12.0. The Labute approximate surface area is 111 Å². The molecule has 1 aromatic rings. The van der Waals surface area contributed by atoms with Crippen LogP contribution in [-0.2, 0) is 11.3 Å². The molecule has 0 spiro atoms. The van der Waals surface area contributed by atoms with Crippen molar-refractivity contribution in [3.63, 3.8) is 0 Å². The van der Waals surface area contributed by atoms with Gasteiger partial charge in [-0.1, -0.05) is 6.07 Å². The molecule has 1 amide bonds. The van der Waals surface area contributed by atoms with E-state index in [4.69, 9.17) is 0 Å². The minimum Gasteiger partial charge on any atom is -0.352 e. The molecule has 1 aliphatic heterocycles. The van der Waals surface area contributed by atoms with Gasteiger partial charge in [0.05, 0.1) is 0 Å². The number of benzene rings is 1. The summed E-state index contributed by atoms with van der Waals surface area (Å²) >= 11 is 0. The van der Waals surface area contributed by atoms with Gasteiger partial charge in [-0.15, -0.1) is 0 Å². The second kappa shape index (κ2) is 6.10. The van der Waals surface area contributed by atoms with E-state index >= 15 is 0 Å². The molecular weight excluding hydrogens is 250 g/mol. The Hall–Kier alpha value is -1.49. The van der Waals surface area contributed by atoms with Crippen molar-refractivity contribution in [2.75, 3.05) is 6.54 Å². The monoisotopic (exact) mass is 268 g/mol. The third-order valence-corrected chi connectivity index (χ3v) is 3.46. The molecule has 5 heteroatoms. The Kier molecular flexibility index (Phi) is 4.47. The molecule has 2 unspecified atom stereocenters. The summed E-state index contributed by atoms with van der Waals surface area (Å²) in [6.07, 6.45) is 1.58. The van der Waals surface area contributed by atoms with E-state index in [1.807, 2.05) is 6.92 Å². The first-order chi connectivity index (χ1) is 9.06. The summed E-state index contributed by atoms with van der Waals surface area (Å²) in [6.45, 7) is 2.96. The van der Waals surface area contributed by atoms with Crippen molar-refractivity contribution in [1.29, 1.82) is 0 Å². The van der Waals surface area contributed by atoms with Crippen LogP contribution < -0.4 is 10.6 Å². The number of amides is 1. The molecule has 3 nitrogen and oxygen atoms in total. The SMILES string of the molecule is CC1CC(C(=O)NCc2ccc(F)cc2F)CCN1. The molecule has 19 heavy (non-hydrogen) atoms. The van der Waals surface area contributed by atoms with E-state index in [9.17, 15) is 13.6 Å². The summed E-state index contributed by atoms with van der Waals surface area (Å²) in [5, 5.41) is 5.99. The number of carbonyl (C=O) groups is 1. The molecule has 0 saturated carbocycles. The smallest absolute Gasteiger partial charge is 0.223 e. The van der Waals surface area contributed by atoms with Crippen LogP contribution in [0.5, 0.6) is 0 Å². The Morgan fingerprint density at radius 3 is 2.95 bits per heavy atom. The van der Waals surface area contributed by atoms with Crippen molar-refractivity contribution < 1.29 is 13.6 Å². The average Bonchev–Trinajstić information content (AvgIpc) is 2.37. The minimum absolute atomic E-state index is 0.0280. The highest BCUT2D eigenvalue weighted by molar-refractivity contribution is 5.78. The minimum atomic E-state index is -0.626. The summed E-state index contributed by atoms with van der Waals surface area (Å²) in [5.41, 5.74) is 0.303. The maximum Gasteiger partial charge on any atom is 0.223 e. The number of carbonyl (C=O) groups excluding carboxylic acids is 1. The summed E-state index contributed by atoms with van der Waals surface area (Å²) in [5.74, 6) is -1.32. The normalized spacial score (nSPS) is 23.1. The molecule has 1 aliphatic rings. The van der Waals surface area contributed by atoms with Gasteiger partial charge in [-0.25, -0.2) is 8.78 Å². The fraction of sp³-hybridized carbons (Fsp3) is 0.500. The predicted molar refractivity (Wildman–Crippen MR) is 68.4 cm³/mol. The molecule has 0 bridgehead atoms. The van der Waals surface area contributed by atoms with Crippen LogP contribution >= 0.6 is 0 Å². The number of hydrogen-bond acceptors (Lipinski definition) is 2. The van der Waals surface area contributed by atoms with Crippen molar-refractivity contribution in [1.82, 2.24) is 10.6 Å². The van der Waals surface area contributed by atoms with Crippen molar-refractivity contribution >= 4 is 5.91 Å². The standard InChI is InChI=1S/C14H18F2N2O/c1-9-6-10(4-5-17-9)14(19)18-8-11-2-3-12(15)7-13(11)16/h2-3,7,9-10,17H,4-6,8H2,1H3,(H,18,19). The van der Waals surface area contributed by atoms with Gasteiger partial charge in [0.25, 0.3) is 0 Å². The van der Waals surface area contributed by atoms with Gasteiger partial charge in [0.1, 0.15) is 11.6 Å². The van der Waals surface area contributed by atoms with Crippen LogP contribution in [0.3, 0.4) is 0 Å². The zero-order valence-electron chi connectivity index (χ0n) is 10.9. The van der Waals surface area contributed by atoms with E-state index in [1.54, 1.807) is 0 Å². The van der Waals surface area contributed by atoms with Gasteiger partial charge in [-0.2, -0.15) is 0 Å². The first-order valence-electron chi connectivity index (χ1n) is 6.51. The predicted octanol–water partition coefficient (Wildman–Crippen LogP) is 1.97. The van der Waals surface area contributed by atoms with Gasteiger partial charge >= 0.3 is 0 Å². The molecule has 104 valence electrons. The lowest BCUT2D eigenvalue weighted by atomic mass is 9.92. The Balaban J connectivity index is 1.89. The van der Waals surface area contributed by atoms with Gasteiger partial charge in [0.15, 0.2) is 0 Å². The van der Waals surface area contributed by atoms with Crippen molar-refractivity contribution in [2.24, 2.45) is 5.92 Å². The quantitative estimate of drug-likeness (QED) is 0.880. The number of halogens is 2. The van der Waals surface area contributed by atoms with Gasteiger partial charge in [0.2, 0.25) is 5.91 Å². The molecule has 0 aromatic heterocycles. The fourth-order valence-corrected chi connectivity index (χ4v) is 2.36. The molecule has 2 rings (SSSR count). The van der Waals surface area contributed by atoms with Crippen LogP contribution in [0.15, 0.2) is 18.2 Å². The highest BCUT2D eigenvalue weighted by atomic mass is 19.1. The van der Waals surface area contributed by atoms with Crippen LogP contribution in [-0.4, -0.2) is 18.5 Å². The lowest BCUT2D eigenvalue weighted by Crippen LogP contribution is -2.42. The number of rotatable bonds is 3. The largest absolute Gasteiger partial charge is 0.352 e. The molecule has 0 radical (unpaired) electrons. The third-order valence-electron chi connectivity index (χ3n) is 3.46. The first-order valence-corrected chi connectivity index (χ1v) is 6.51. The van der Waals surface area contributed by atoms with E-state index in [1.165, 1.54) is 12.1 Å². The Morgan fingerprint density at radius 1 is 1.47 bits per heavy atom. The van der Waals surface area contributed by atoms with Crippen molar-refractivity contribution in [3.8, 4) is 0 Å². The number of nitrogens with one attached hydrogen (secondary N) is 2. The fourth-order valence-electron chi connectivity index (χ4n) is 2.36. The van der Waals surface area contributed by atoms with Crippen LogP contribution in [0.2, 0.25) is 0 Å². The Morgan fingerprint density at radius 2 is 2.26 bits per heavy atom. The number of hydrogen-bond donors (Lipinski definition) is 2. The summed E-state index contributed by atoms with van der Waals surface area (Å²) in [6, 6.07) is 3.70. The topological polar surface area (TPSA) is 41.1 Å². The van der Waals surface area contributed by atoms with Gasteiger partial charge in [0, 0.05) is 30.1 Å². The number of piperidine rings is 1. The maximum absolute atomic E-state index is 13.4. The van der Waals surface area contributed by atoms with Gasteiger partial charge < -0.3 is 10.6 Å². The van der Waals surface area contributed by atoms with E-state index in [2.05, 4.69) is 10.6 Å². The summed E-state index contributed by atoms with van der Waals surface area (Å²) < 4.78 is 26.1. The molecule has 1 fully saturated rings. The zero-order valence-corrected chi connectivity index (χ0v) is 10.9. The molecule has 2 N–H and O–H groups in total. The molecule has 1 aromatic carbocycles. The van der Waals surface area contributed by atoms with E-state index < -0.39 is 11.6 Å². The van der Waals surface area contributed by atoms with E-state index in [-0.39, 0.29) is 18.4 Å². The van der Waals surface area contributed by atoms with Crippen molar-refractivity contribution in [3.05, 3.63) is 35.4 Å². The highest BCUT2D eigenvalue weighted by Crippen LogP contribution is 2.16. The molecule has 1 saturated heterocycles. The lowest BCUT2D eigenvalue weighted by molar-refractivity contribution is -0.126. The second-order valence-electron chi connectivity index (χ2n) is 5.03. The highest BCUT2D eigenvalue weighted by Gasteiger charge is 2.24. The van der Waals surface area contributed by atoms with E-state index in [0.717, 1.165) is 25.5 Å². The molecule has 1 heterocycles. The maximum atomic E-state index is 13.4. The lowest BCUT2D eigenvalue weighted by Gasteiger charge is -2.27. The third kappa shape index (κ3) is 3.73.